The van der Waals surface area contributed by atoms with E-state index < -0.39 is 0 Å². The van der Waals surface area contributed by atoms with E-state index in [9.17, 15) is 0 Å². The number of hydrogen-bond acceptors (Lipinski definition) is 3. The normalized spacial score (nSPS) is 27.0. The van der Waals surface area contributed by atoms with Crippen molar-refractivity contribution in [3.8, 4) is 0 Å². The van der Waals surface area contributed by atoms with Crippen LogP contribution < -0.4 is 11.1 Å². The molecule has 1 saturated carbocycles. The molecule has 0 bridgehead atoms. The Kier molecular flexibility index (Phi) is 4.60. The van der Waals surface area contributed by atoms with E-state index in [1.54, 1.807) is 0 Å². The predicted molar refractivity (Wildman–Crippen MR) is 75.4 cm³/mol. The van der Waals surface area contributed by atoms with Gasteiger partial charge in [-0.25, -0.2) is 0 Å². The SMILES string of the molecule is Cc1ccc(C(C)NC2CCCCC2CN)s1. The molecule has 1 fully saturated rings. The number of thiophene rings is 1. The standard InChI is InChI=1S/C14H24N2S/c1-10-7-8-14(17-10)11(2)16-13-6-4-3-5-12(13)9-15/h7-8,11-13,16H,3-6,9,15H2,1-2H3. The summed E-state index contributed by atoms with van der Waals surface area (Å²) in [6.45, 7) is 5.27. The molecule has 1 aromatic heterocycles. The number of nitrogens with one attached hydrogen (secondary N) is 1. The molecule has 17 heavy (non-hydrogen) atoms. The van der Waals surface area contributed by atoms with E-state index in [0.29, 0.717) is 18.0 Å². The summed E-state index contributed by atoms with van der Waals surface area (Å²) in [5, 5.41) is 3.78. The van der Waals surface area contributed by atoms with Gasteiger partial charge in [-0.3, -0.25) is 0 Å². The van der Waals surface area contributed by atoms with E-state index in [0.717, 1.165) is 6.54 Å². The first-order valence-corrected chi connectivity index (χ1v) is 7.55. The van der Waals surface area contributed by atoms with Gasteiger partial charge in [-0.05, 0) is 51.3 Å². The maximum absolute atomic E-state index is 5.87. The minimum absolute atomic E-state index is 0.464. The zero-order valence-corrected chi connectivity index (χ0v) is 11.7. The molecule has 0 aromatic carbocycles. The largest absolute Gasteiger partial charge is 0.330 e. The van der Waals surface area contributed by atoms with Crippen molar-refractivity contribution in [1.29, 1.82) is 0 Å². The molecular weight excluding hydrogens is 228 g/mol. The van der Waals surface area contributed by atoms with Crippen molar-refractivity contribution in [2.24, 2.45) is 11.7 Å². The summed E-state index contributed by atoms with van der Waals surface area (Å²) < 4.78 is 0. The number of rotatable bonds is 4. The summed E-state index contributed by atoms with van der Waals surface area (Å²) in [4.78, 5) is 2.84. The molecule has 0 radical (unpaired) electrons. The summed E-state index contributed by atoms with van der Waals surface area (Å²) in [7, 11) is 0. The van der Waals surface area contributed by atoms with E-state index in [4.69, 9.17) is 5.73 Å². The second-order valence-corrected chi connectivity index (χ2v) is 6.54. The second kappa shape index (κ2) is 5.98. The van der Waals surface area contributed by atoms with E-state index in [2.05, 4.69) is 31.3 Å². The predicted octanol–water partition coefficient (Wildman–Crippen LogP) is 3.22. The molecule has 3 N–H and O–H groups in total. The van der Waals surface area contributed by atoms with Gasteiger partial charge in [-0.1, -0.05) is 12.8 Å². The summed E-state index contributed by atoms with van der Waals surface area (Å²) in [5.74, 6) is 0.673. The molecule has 2 rings (SSSR count). The molecule has 2 nitrogen and oxygen atoms in total. The molecule has 96 valence electrons. The number of hydrogen-bond donors (Lipinski definition) is 2. The Morgan fingerprint density at radius 2 is 2.18 bits per heavy atom. The van der Waals surface area contributed by atoms with Crippen molar-refractivity contribution >= 4 is 11.3 Å². The molecule has 1 aliphatic rings. The Labute approximate surface area is 109 Å². The monoisotopic (exact) mass is 252 g/mol. The zero-order chi connectivity index (χ0) is 12.3. The highest BCUT2D eigenvalue weighted by Crippen LogP contribution is 2.28. The molecule has 3 unspecified atom stereocenters. The van der Waals surface area contributed by atoms with Gasteiger partial charge >= 0.3 is 0 Å². The van der Waals surface area contributed by atoms with Gasteiger partial charge in [0, 0.05) is 21.8 Å². The summed E-state index contributed by atoms with van der Waals surface area (Å²) >= 11 is 1.90. The van der Waals surface area contributed by atoms with E-state index in [1.165, 1.54) is 35.4 Å². The molecule has 1 aliphatic carbocycles. The lowest BCUT2D eigenvalue weighted by molar-refractivity contribution is 0.253. The minimum atomic E-state index is 0.464. The lowest BCUT2D eigenvalue weighted by Gasteiger charge is -2.33. The fourth-order valence-electron chi connectivity index (χ4n) is 2.80. The Bertz CT molecular complexity index is 348. The van der Waals surface area contributed by atoms with Crippen molar-refractivity contribution in [3.05, 3.63) is 21.9 Å². The van der Waals surface area contributed by atoms with E-state index >= 15 is 0 Å². The van der Waals surface area contributed by atoms with Crippen LogP contribution in [0, 0.1) is 12.8 Å². The third kappa shape index (κ3) is 3.30. The average molecular weight is 252 g/mol. The Hall–Kier alpha value is -0.380. The van der Waals surface area contributed by atoms with Gasteiger partial charge in [0.05, 0.1) is 0 Å². The van der Waals surface area contributed by atoms with Crippen LogP contribution in [0.25, 0.3) is 0 Å². The topological polar surface area (TPSA) is 38.0 Å². The third-order valence-corrected chi connectivity index (χ3v) is 5.05. The molecule has 1 aromatic rings. The highest BCUT2D eigenvalue weighted by Gasteiger charge is 2.25. The summed E-state index contributed by atoms with van der Waals surface area (Å²) in [6, 6.07) is 5.54. The molecule has 0 amide bonds. The Balaban J connectivity index is 1.94. The second-order valence-electron chi connectivity index (χ2n) is 5.22. The molecule has 3 atom stereocenters. The lowest BCUT2D eigenvalue weighted by atomic mass is 9.84. The Morgan fingerprint density at radius 1 is 1.41 bits per heavy atom. The van der Waals surface area contributed by atoms with E-state index in [1.807, 2.05) is 11.3 Å². The van der Waals surface area contributed by atoms with Crippen molar-refractivity contribution in [2.75, 3.05) is 6.54 Å². The smallest absolute Gasteiger partial charge is 0.0388 e. The van der Waals surface area contributed by atoms with Crippen molar-refractivity contribution in [2.45, 2.75) is 51.6 Å². The molecule has 3 heteroatoms. The van der Waals surface area contributed by atoms with E-state index in [-0.39, 0.29) is 0 Å². The first-order valence-electron chi connectivity index (χ1n) is 6.73. The fourth-order valence-corrected chi connectivity index (χ4v) is 3.69. The van der Waals surface area contributed by atoms with Crippen LogP contribution in [0.4, 0.5) is 0 Å². The van der Waals surface area contributed by atoms with Gasteiger partial charge in [-0.15, -0.1) is 11.3 Å². The highest BCUT2D eigenvalue weighted by molar-refractivity contribution is 7.12. The van der Waals surface area contributed by atoms with Gasteiger partial charge in [0.1, 0.15) is 0 Å². The first-order chi connectivity index (χ1) is 8.20. The zero-order valence-electron chi connectivity index (χ0n) is 10.9. The summed E-state index contributed by atoms with van der Waals surface area (Å²) in [5.41, 5.74) is 5.87. The van der Waals surface area contributed by atoms with Crippen molar-refractivity contribution < 1.29 is 0 Å². The van der Waals surface area contributed by atoms with Crippen LogP contribution in [0.5, 0.6) is 0 Å². The van der Waals surface area contributed by atoms with Crippen LogP contribution in [-0.4, -0.2) is 12.6 Å². The van der Waals surface area contributed by atoms with Crippen molar-refractivity contribution in [1.82, 2.24) is 5.32 Å². The van der Waals surface area contributed by atoms with Crippen LogP contribution in [0.15, 0.2) is 12.1 Å². The van der Waals surface area contributed by atoms with Crippen LogP contribution in [0.3, 0.4) is 0 Å². The van der Waals surface area contributed by atoms with Crippen LogP contribution in [-0.2, 0) is 0 Å². The van der Waals surface area contributed by atoms with Crippen LogP contribution in [0.1, 0.15) is 48.4 Å². The average Bonchev–Trinajstić information content (AvgIpc) is 2.77. The van der Waals surface area contributed by atoms with Crippen LogP contribution >= 0.6 is 11.3 Å². The Morgan fingerprint density at radius 3 is 2.82 bits per heavy atom. The van der Waals surface area contributed by atoms with Gasteiger partial charge in [0.25, 0.3) is 0 Å². The summed E-state index contributed by atoms with van der Waals surface area (Å²) in [6.07, 6.45) is 5.29. The molecule has 0 spiro atoms. The number of aryl methyl sites for hydroxylation is 1. The first kappa shape index (κ1) is 13.1. The minimum Gasteiger partial charge on any atom is -0.330 e. The van der Waals surface area contributed by atoms with Gasteiger partial charge in [0.2, 0.25) is 0 Å². The number of nitrogens with two attached hydrogens (primary N) is 1. The fraction of sp³-hybridized carbons (Fsp3) is 0.714. The van der Waals surface area contributed by atoms with Gasteiger partial charge < -0.3 is 11.1 Å². The van der Waals surface area contributed by atoms with Gasteiger partial charge in [-0.2, -0.15) is 0 Å². The molecule has 1 heterocycles. The van der Waals surface area contributed by atoms with Crippen molar-refractivity contribution in [3.63, 3.8) is 0 Å². The van der Waals surface area contributed by atoms with Crippen LogP contribution in [0.2, 0.25) is 0 Å². The highest BCUT2D eigenvalue weighted by atomic mass is 32.1. The lowest BCUT2D eigenvalue weighted by Crippen LogP contribution is -2.42. The molecule has 0 saturated heterocycles. The van der Waals surface area contributed by atoms with Gasteiger partial charge in [0.15, 0.2) is 0 Å². The quantitative estimate of drug-likeness (QED) is 0.863. The maximum atomic E-state index is 5.87. The molecular formula is C14H24N2S. The third-order valence-electron chi connectivity index (χ3n) is 3.86. The maximum Gasteiger partial charge on any atom is 0.0388 e. The molecule has 0 aliphatic heterocycles.